The van der Waals surface area contributed by atoms with Crippen LogP contribution in [0.3, 0.4) is 0 Å². The molecule has 1 aliphatic rings. The number of nitrogens with one attached hydrogen (secondary N) is 1. The summed E-state index contributed by atoms with van der Waals surface area (Å²) in [7, 11) is 0. The standard InChI is InChI=1S/C23H18ClN3O2S/c24-18-13-7-8-14-19(18)26-21(28)15-20-22(29)27(17-11-5-2-6-12-17)23(30-20)25-16-9-3-1-4-10-16/h1-14,20H,15H2,(H,26,28)/t20-/m0/s1. The van der Waals surface area contributed by atoms with E-state index in [-0.39, 0.29) is 18.2 Å². The molecule has 1 saturated heterocycles. The van der Waals surface area contributed by atoms with Crippen molar-refractivity contribution in [3.8, 4) is 0 Å². The molecule has 1 fully saturated rings. The van der Waals surface area contributed by atoms with E-state index in [0.29, 0.717) is 15.9 Å². The summed E-state index contributed by atoms with van der Waals surface area (Å²) in [5, 5.41) is 3.21. The molecule has 0 radical (unpaired) electrons. The Hall–Kier alpha value is -3.09. The Morgan fingerprint density at radius 2 is 1.60 bits per heavy atom. The molecule has 0 bridgehead atoms. The predicted molar refractivity (Wildman–Crippen MR) is 124 cm³/mol. The van der Waals surface area contributed by atoms with E-state index < -0.39 is 5.25 Å². The highest BCUT2D eigenvalue weighted by Crippen LogP contribution is 2.35. The number of anilines is 2. The van der Waals surface area contributed by atoms with Crippen LogP contribution >= 0.6 is 23.4 Å². The first kappa shape index (κ1) is 20.2. The lowest BCUT2D eigenvalue weighted by Gasteiger charge is -2.16. The van der Waals surface area contributed by atoms with Crippen molar-refractivity contribution in [2.75, 3.05) is 10.2 Å². The summed E-state index contributed by atoms with van der Waals surface area (Å²) < 4.78 is 0. The van der Waals surface area contributed by atoms with Crippen molar-refractivity contribution in [2.45, 2.75) is 11.7 Å². The average Bonchev–Trinajstić information content (AvgIpc) is 3.05. The fourth-order valence-electron chi connectivity index (χ4n) is 3.03. The summed E-state index contributed by atoms with van der Waals surface area (Å²) in [6.07, 6.45) is 0.0197. The van der Waals surface area contributed by atoms with Crippen LogP contribution in [-0.2, 0) is 9.59 Å². The Labute approximate surface area is 183 Å². The summed E-state index contributed by atoms with van der Waals surface area (Å²) in [4.78, 5) is 32.0. The minimum absolute atomic E-state index is 0.0197. The normalized spacial score (nSPS) is 17.4. The largest absolute Gasteiger partial charge is 0.325 e. The summed E-state index contributed by atoms with van der Waals surface area (Å²) in [5.74, 6) is -0.446. The van der Waals surface area contributed by atoms with Crippen molar-refractivity contribution < 1.29 is 9.59 Å². The quantitative estimate of drug-likeness (QED) is 0.575. The van der Waals surface area contributed by atoms with Crippen molar-refractivity contribution in [3.63, 3.8) is 0 Å². The zero-order valence-corrected chi connectivity index (χ0v) is 17.4. The molecule has 150 valence electrons. The summed E-state index contributed by atoms with van der Waals surface area (Å²) in [5.41, 5.74) is 1.99. The molecule has 3 aromatic carbocycles. The van der Waals surface area contributed by atoms with E-state index in [9.17, 15) is 9.59 Å². The Bertz CT molecular complexity index is 1090. The van der Waals surface area contributed by atoms with Gasteiger partial charge in [0.25, 0.3) is 0 Å². The SMILES string of the molecule is O=C(C[C@@H]1SC(=Nc2ccccc2)N(c2ccccc2)C1=O)Nc1ccccc1Cl. The van der Waals surface area contributed by atoms with Crippen molar-refractivity contribution >= 4 is 57.4 Å². The maximum Gasteiger partial charge on any atom is 0.247 e. The van der Waals surface area contributed by atoms with Crippen LogP contribution in [0.25, 0.3) is 0 Å². The van der Waals surface area contributed by atoms with Crippen LogP contribution < -0.4 is 10.2 Å². The number of rotatable bonds is 5. The molecule has 2 amide bonds. The van der Waals surface area contributed by atoms with Crippen molar-refractivity contribution in [1.82, 2.24) is 0 Å². The third kappa shape index (κ3) is 4.56. The number of nitrogens with zero attached hydrogens (tertiary/aromatic N) is 2. The molecule has 30 heavy (non-hydrogen) atoms. The summed E-state index contributed by atoms with van der Waals surface area (Å²) in [6.45, 7) is 0. The molecule has 0 spiro atoms. The highest BCUT2D eigenvalue weighted by atomic mass is 35.5. The second-order valence-corrected chi connectivity index (χ2v) is 8.15. The first-order chi connectivity index (χ1) is 14.6. The maximum absolute atomic E-state index is 13.2. The highest BCUT2D eigenvalue weighted by molar-refractivity contribution is 8.16. The number of carbonyl (C=O) groups excluding carboxylic acids is 2. The van der Waals surface area contributed by atoms with Crippen molar-refractivity contribution in [2.24, 2.45) is 4.99 Å². The number of hydrogen-bond acceptors (Lipinski definition) is 4. The van der Waals surface area contributed by atoms with Gasteiger partial charge in [-0.25, -0.2) is 4.99 Å². The van der Waals surface area contributed by atoms with Crippen molar-refractivity contribution in [1.29, 1.82) is 0 Å². The van der Waals surface area contributed by atoms with Crippen LogP contribution in [0.2, 0.25) is 5.02 Å². The zero-order chi connectivity index (χ0) is 20.9. The molecule has 1 atom stereocenters. The lowest BCUT2D eigenvalue weighted by atomic mass is 10.2. The van der Waals surface area contributed by atoms with Crippen LogP contribution in [0.15, 0.2) is 89.9 Å². The van der Waals surface area contributed by atoms with Gasteiger partial charge in [-0.15, -0.1) is 0 Å². The number of amides is 2. The van der Waals surface area contributed by atoms with Gasteiger partial charge < -0.3 is 5.32 Å². The molecule has 7 heteroatoms. The Morgan fingerprint density at radius 3 is 2.30 bits per heavy atom. The monoisotopic (exact) mass is 435 g/mol. The fourth-order valence-corrected chi connectivity index (χ4v) is 4.37. The zero-order valence-electron chi connectivity index (χ0n) is 15.9. The Balaban J connectivity index is 1.57. The van der Waals surface area contributed by atoms with Crippen LogP contribution in [0.5, 0.6) is 0 Å². The van der Waals surface area contributed by atoms with E-state index in [1.165, 1.54) is 11.8 Å². The van der Waals surface area contributed by atoms with E-state index in [0.717, 1.165) is 11.4 Å². The van der Waals surface area contributed by atoms with Gasteiger partial charge in [-0.1, -0.05) is 71.9 Å². The fraction of sp³-hybridized carbons (Fsp3) is 0.0870. The van der Waals surface area contributed by atoms with Gasteiger partial charge in [-0.05, 0) is 36.4 Å². The number of aliphatic imine (C=N–C) groups is 1. The van der Waals surface area contributed by atoms with Gasteiger partial charge in [-0.2, -0.15) is 0 Å². The topological polar surface area (TPSA) is 61.8 Å². The van der Waals surface area contributed by atoms with Gasteiger partial charge in [-0.3, -0.25) is 14.5 Å². The lowest BCUT2D eigenvalue weighted by Crippen LogP contribution is -2.33. The number of thioether (sulfide) groups is 1. The average molecular weight is 436 g/mol. The van der Waals surface area contributed by atoms with Crippen LogP contribution in [0, 0.1) is 0 Å². The molecule has 1 heterocycles. The first-order valence-electron chi connectivity index (χ1n) is 9.35. The second kappa shape index (κ2) is 9.15. The molecular formula is C23H18ClN3O2S. The van der Waals surface area contributed by atoms with E-state index in [2.05, 4.69) is 10.3 Å². The Morgan fingerprint density at radius 1 is 0.967 bits per heavy atom. The lowest BCUT2D eigenvalue weighted by molar-refractivity contribution is -0.121. The van der Waals surface area contributed by atoms with Gasteiger partial charge in [0.1, 0.15) is 5.25 Å². The number of hydrogen-bond donors (Lipinski definition) is 1. The molecule has 0 aromatic heterocycles. The summed E-state index contributed by atoms with van der Waals surface area (Å²) >= 11 is 7.41. The molecule has 0 unspecified atom stereocenters. The third-order valence-corrected chi connectivity index (χ3v) is 5.92. The van der Waals surface area contributed by atoms with Gasteiger partial charge >= 0.3 is 0 Å². The molecular weight excluding hydrogens is 418 g/mol. The summed E-state index contributed by atoms with van der Waals surface area (Å²) in [6, 6.07) is 25.8. The maximum atomic E-state index is 13.2. The van der Waals surface area contributed by atoms with E-state index in [1.807, 2.05) is 60.7 Å². The number of benzene rings is 3. The number of amidine groups is 1. The molecule has 1 aliphatic heterocycles. The number of halogens is 1. The molecule has 5 nitrogen and oxygen atoms in total. The Kier molecular flexibility index (Phi) is 6.16. The van der Waals surface area contributed by atoms with E-state index >= 15 is 0 Å². The van der Waals surface area contributed by atoms with Gasteiger partial charge in [0, 0.05) is 6.42 Å². The molecule has 0 aliphatic carbocycles. The number of para-hydroxylation sites is 3. The third-order valence-electron chi connectivity index (χ3n) is 4.45. The van der Waals surface area contributed by atoms with E-state index in [1.54, 1.807) is 29.2 Å². The predicted octanol–water partition coefficient (Wildman–Crippen LogP) is 5.50. The molecule has 0 saturated carbocycles. The van der Waals surface area contributed by atoms with Gasteiger partial charge in [0.05, 0.1) is 22.1 Å². The van der Waals surface area contributed by atoms with Gasteiger partial charge in [0.2, 0.25) is 11.8 Å². The van der Waals surface area contributed by atoms with E-state index in [4.69, 9.17) is 11.6 Å². The van der Waals surface area contributed by atoms with Gasteiger partial charge in [0.15, 0.2) is 5.17 Å². The second-order valence-electron chi connectivity index (χ2n) is 6.58. The minimum atomic E-state index is -0.574. The minimum Gasteiger partial charge on any atom is -0.325 e. The molecule has 3 aromatic rings. The van der Waals surface area contributed by atoms with Crippen LogP contribution in [-0.4, -0.2) is 22.2 Å². The number of carbonyl (C=O) groups is 2. The smallest absolute Gasteiger partial charge is 0.247 e. The van der Waals surface area contributed by atoms with Crippen LogP contribution in [0.4, 0.5) is 17.1 Å². The highest BCUT2D eigenvalue weighted by Gasteiger charge is 2.40. The van der Waals surface area contributed by atoms with Crippen molar-refractivity contribution in [3.05, 3.63) is 90.0 Å². The molecule has 1 N–H and O–H groups in total. The van der Waals surface area contributed by atoms with Crippen LogP contribution in [0.1, 0.15) is 6.42 Å². The molecule has 4 rings (SSSR count). The first-order valence-corrected chi connectivity index (χ1v) is 10.6.